The number of aldehydes is 2. The summed E-state index contributed by atoms with van der Waals surface area (Å²) in [4.78, 5) is 36.9. The van der Waals surface area contributed by atoms with Crippen molar-refractivity contribution in [2.45, 2.75) is 0 Å². The molecule has 0 unspecified atom stereocenters. The quantitative estimate of drug-likeness (QED) is 0.845. The number of nitrogens with zero attached hydrogens (tertiary/aromatic N) is 1. The van der Waals surface area contributed by atoms with E-state index in [1.165, 1.54) is 36.7 Å². The Morgan fingerprint density at radius 1 is 1.11 bits per heavy atom. The highest BCUT2D eigenvalue weighted by molar-refractivity contribution is 6.00. The minimum Gasteiger partial charge on any atom is -0.478 e. The van der Waals surface area contributed by atoms with E-state index in [2.05, 4.69) is 4.98 Å². The Labute approximate surface area is 108 Å². The molecule has 5 heteroatoms. The first-order valence-electron chi connectivity index (χ1n) is 5.39. The van der Waals surface area contributed by atoms with Crippen molar-refractivity contribution in [3.63, 3.8) is 0 Å². The normalized spacial score (nSPS) is 9.89. The second kappa shape index (κ2) is 5.22. The molecule has 5 nitrogen and oxygen atoms in total. The summed E-state index contributed by atoms with van der Waals surface area (Å²) < 4.78 is 0. The van der Waals surface area contributed by atoms with Crippen LogP contribution in [0.1, 0.15) is 31.1 Å². The van der Waals surface area contributed by atoms with Crippen LogP contribution in [0.25, 0.3) is 11.1 Å². The van der Waals surface area contributed by atoms with Gasteiger partial charge in [-0.1, -0.05) is 6.07 Å². The Bertz CT molecular complexity index is 664. The van der Waals surface area contributed by atoms with Gasteiger partial charge in [0, 0.05) is 29.1 Å². The van der Waals surface area contributed by atoms with E-state index in [0.717, 1.165) is 0 Å². The summed E-state index contributed by atoms with van der Waals surface area (Å²) in [7, 11) is 0. The van der Waals surface area contributed by atoms with Gasteiger partial charge in [-0.15, -0.1) is 0 Å². The molecule has 0 saturated heterocycles. The lowest BCUT2D eigenvalue weighted by Crippen LogP contribution is -2.02. The zero-order valence-corrected chi connectivity index (χ0v) is 9.74. The third kappa shape index (κ3) is 2.40. The zero-order valence-electron chi connectivity index (χ0n) is 9.74. The predicted molar refractivity (Wildman–Crippen MR) is 67.4 cm³/mol. The van der Waals surface area contributed by atoms with E-state index in [-0.39, 0.29) is 5.56 Å². The average molecular weight is 255 g/mol. The Kier molecular flexibility index (Phi) is 3.47. The molecule has 0 radical (unpaired) electrons. The Morgan fingerprint density at radius 3 is 2.53 bits per heavy atom. The molecule has 0 aliphatic rings. The lowest BCUT2D eigenvalue weighted by molar-refractivity contribution is 0.0697. The number of carbonyl (C=O) groups is 3. The number of hydrogen-bond donors (Lipinski definition) is 1. The van der Waals surface area contributed by atoms with Crippen LogP contribution in [0.5, 0.6) is 0 Å². The first-order chi connectivity index (χ1) is 9.17. The van der Waals surface area contributed by atoms with Crippen molar-refractivity contribution in [2.24, 2.45) is 0 Å². The molecule has 0 aliphatic heterocycles. The predicted octanol–water partition coefficient (Wildman–Crippen LogP) is 2.07. The number of benzene rings is 1. The summed E-state index contributed by atoms with van der Waals surface area (Å²) >= 11 is 0. The number of aromatic nitrogens is 1. The fourth-order valence-corrected chi connectivity index (χ4v) is 1.78. The number of carboxylic acid groups (broad SMARTS) is 1. The van der Waals surface area contributed by atoms with Gasteiger partial charge >= 0.3 is 5.97 Å². The fraction of sp³-hybridized carbons (Fsp3) is 0. The molecule has 1 aromatic heterocycles. The Morgan fingerprint density at radius 2 is 1.89 bits per heavy atom. The van der Waals surface area contributed by atoms with Crippen LogP contribution >= 0.6 is 0 Å². The highest BCUT2D eigenvalue weighted by Gasteiger charge is 2.15. The summed E-state index contributed by atoms with van der Waals surface area (Å²) in [5, 5.41) is 9.16. The molecule has 0 atom stereocenters. The largest absolute Gasteiger partial charge is 0.478 e. The highest BCUT2D eigenvalue weighted by atomic mass is 16.4. The SMILES string of the molecule is O=Cc1ccc(C(=O)O)c(-c2cnccc2C=O)c1. The number of rotatable bonds is 4. The topological polar surface area (TPSA) is 84.3 Å². The number of aromatic carboxylic acids is 1. The molecule has 0 aliphatic carbocycles. The highest BCUT2D eigenvalue weighted by Crippen LogP contribution is 2.26. The van der Waals surface area contributed by atoms with Gasteiger partial charge in [-0.25, -0.2) is 4.79 Å². The van der Waals surface area contributed by atoms with E-state index < -0.39 is 5.97 Å². The summed E-state index contributed by atoms with van der Waals surface area (Å²) in [5.74, 6) is -1.13. The average Bonchev–Trinajstić information content (AvgIpc) is 2.46. The van der Waals surface area contributed by atoms with Crippen LogP contribution in [0.4, 0.5) is 0 Å². The minimum atomic E-state index is -1.13. The summed E-state index contributed by atoms with van der Waals surface area (Å²) in [6, 6.07) is 5.67. The van der Waals surface area contributed by atoms with Crippen molar-refractivity contribution >= 4 is 18.5 Å². The minimum absolute atomic E-state index is 0.0155. The van der Waals surface area contributed by atoms with Gasteiger partial charge in [0.25, 0.3) is 0 Å². The van der Waals surface area contributed by atoms with Crippen molar-refractivity contribution in [1.82, 2.24) is 4.98 Å². The molecule has 0 amide bonds. The van der Waals surface area contributed by atoms with Gasteiger partial charge < -0.3 is 5.11 Å². The van der Waals surface area contributed by atoms with E-state index in [1.54, 1.807) is 0 Å². The molecule has 0 saturated carbocycles. The number of carboxylic acids is 1. The van der Waals surface area contributed by atoms with Gasteiger partial charge in [0.05, 0.1) is 5.56 Å². The molecular weight excluding hydrogens is 246 g/mol. The first-order valence-corrected chi connectivity index (χ1v) is 5.39. The number of carbonyl (C=O) groups excluding carboxylic acids is 2. The summed E-state index contributed by atoms with van der Waals surface area (Å²) in [6.07, 6.45) is 4.08. The van der Waals surface area contributed by atoms with Crippen LogP contribution in [-0.4, -0.2) is 28.6 Å². The van der Waals surface area contributed by atoms with E-state index >= 15 is 0 Å². The van der Waals surface area contributed by atoms with Crippen LogP contribution in [0.3, 0.4) is 0 Å². The molecule has 19 heavy (non-hydrogen) atoms. The van der Waals surface area contributed by atoms with Crippen molar-refractivity contribution in [2.75, 3.05) is 0 Å². The van der Waals surface area contributed by atoms with Gasteiger partial charge in [0.15, 0.2) is 6.29 Å². The van der Waals surface area contributed by atoms with Crippen LogP contribution in [-0.2, 0) is 0 Å². The van der Waals surface area contributed by atoms with Crippen molar-refractivity contribution in [1.29, 1.82) is 0 Å². The van der Waals surface area contributed by atoms with Crippen LogP contribution in [0.15, 0.2) is 36.7 Å². The fourth-order valence-electron chi connectivity index (χ4n) is 1.78. The van der Waals surface area contributed by atoms with Gasteiger partial charge in [-0.05, 0) is 23.8 Å². The van der Waals surface area contributed by atoms with Crippen LogP contribution in [0.2, 0.25) is 0 Å². The second-order valence-electron chi connectivity index (χ2n) is 3.81. The third-order valence-corrected chi connectivity index (χ3v) is 2.68. The van der Waals surface area contributed by atoms with Gasteiger partial charge in [-0.2, -0.15) is 0 Å². The number of hydrogen-bond acceptors (Lipinski definition) is 4. The van der Waals surface area contributed by atoms with E-state index in [9.17, 15) is 14.4 Å². The summed E-state index contributed by atoms with van der Waals surface area (Å²) in [5.41, 5.74) is 1.36. The zero-order chi connectivity index (χ0) is 13.8. The molecule has 2 aromatic rings. The van der Waals surface area contributed by atoms with E-state index in [4.69, 9.17) is 5.11 Å². The maximum atomic E-state index is 11.2. The molecule has 1 aromatic carbocycles. The molecular formula is C14H9NO4. The Balaban J connectivity index is 2.75. The van der Waals surface area contributed by atoms with Gasteiger partial charge in [0.2, 0.25) is 0 Å². The molecule has 1 heterocycles. The number of pyridine rings is 1. The molecule has 0 bridgehead atoms. The van der Waals surface area contributed by atoms with Gasteiger partial charge in [0.1, 0.15) is 6.29 Å². The second-order valence-corrected chi connectivity index (χ2v) is 3.81. The lowest BCUT2D eigenvalue weighted by atomic mass is 9.96. The molecule has 2 rings (SSSR count). The standard InChI is InChI=1S/C14H9NO4/c16-7-9-1-2-11(14(18)19)12(5-9)13-6-15-4-3-10(13)8-17/h1-8H,(H,18,19). The summed E-state index contributed by atoms with van der Waals surface area (Å²) in [6.45, 7) is 0. The monoisotopic (exact) mass is 255 g/mol. The smallest absolute Gasteiger partial charge is 0.336 e. The third-order valence-electron chi connectivity index (χ3n) is 2.68. The molecule has 1 N–H and O–H groups in total. The van der Waals surface area contributed by atoms with Crippen LogP contribution in [0, 0.1) is 0 Å². The molecule has 94 valence electrons. The van der Waals surface area contributed by atoms with E-state index in [0.29, 0.717) is 34.8 Å². The maximum absolute atomic E-state index is 11.2. The molecule has 0 spiro atoms. The Hall–Kier alpha value is -2.82. The van der Waals surface area contributed by atoms with E-state index in [1.807, 2.05) is 0 Å². The van der Waals surface area contributed by atoms with Crippen molar-refractivity contribution < 1.29 is 19.5 Å². The maximum Gasteiger partial charge on any atom is 0.336 e. The molecule has 0 fully saturated rings. The lowest BCUT2D eigenvalue weighted by Gasteiger charge is -2.08. The van der Waals surface area contributed by atoms with Crippen molar-refractivity contribution in [3.8, 4) is 11.1 Å². The van der Waals surface area contributed by atoms with Gasteiger partial charge in [-0.3, -0.25) is 14.6 Å². The van der Waals surface area contributed by atoms with Crippen molar-refractivity contribution in [3.05, 3.63) is 53.3 Å². The van der Waals surface area contributed by atoms with Crippen LogP contribution < -0.4 is 0 Å². The first kappa shape index (κ1) is 12.6.